The summed E-state index contributed by atoms with van der Waals surface area (Å²) in [5.74, 6) is 0.696. The molecule has 5 nitrogen and oxygen atoms in total. The van der Waals surface area contributed by atoms with Gasteiger partial charge in [-0.2, -0.15) is 0 Å². The summed E-state index contributed by atoms with van der Waals surface area (Å²) in [4.78, 5) is 2.33. The second kappa shape index (κ2) is 5.76. The summed E-state index contributed by atoms with van der Waals surface area (Å²) in [6, 6.07) is 5.84. The van der Waals surface area contributed by atoms with Gasteiger partial charge in [-0.05, 0) is 18.2 Å². The lowest BCUT2D eigenvalue weighted by Crippen LogP contribution is -2.66. The van der Waals surface area contributed by atoms with Crippen molar-refractivity contribution in [3.63, 3.8) is 0 Å². The standard InChI is InChI=1S/C16H20BrNO4/c17-11-1-2-14-12(9-11)15(19)13-10-21-6-3-16(13,22-14)18-4-7-20-8-5-18/h1-2,9,13,15,19H,3-8,10H2. The Balaban J connectivity index is 1.76. The van der Waals surface area contributed by atoms with E-state index < -0.39 is 11.8 Å². The molecule has 1 N–H and O–H groups in total. The molecule has 1 aromatic rings. The number of aliphatic hydroxyl groups excluding tert-OH is 1. The fraction of sp³-hybridized carbons (Fsp3) is 0.625. The Kier molecular flexibility index (Phi) is 3.90. The normalized spacial score (nSPS) is 35.4. The Morgan fingerprint density at radius 1 is 1.18 bits per heavy atom. The minimum absolute atomic E-state index is 0.0823. The predicted octanol–water partition coefficient (Wildman–Crippen LogP) is 1.94. The van der Waals surface area contributed by atoms with Gasteiger partial charge < -0.3 is 19.3 Å². The first-order valence-corrected chi connectivity index (χ1v) is 8.57. The first kappa shape index (κ1) is 14.9. The minimum atomic E-state index is -0.579. The molecule has 3 atom stereocenters. The van der Waals surface area contributed by atoms with Crippen molar-refractivity contribution in [2.45, 2.75) is 18.2 Å². The predicted molar refractivity (Wildman–Crippen MR) is 83.8 cm³/mol. The van der Waals surface area contributed by atoms with E-state index in [4.69, 9.17) is 14.2 Å². The quantitative estimate of drug-likeness (QED) is 0.819. The zero-order valence-electron chi connectivity index (χ0n) is 12.3. The molecule has 4 rings (SSSR count). The van der Waals surface area contributed by atoms with Crippen LogP contribution in [0.3, 0.4) is 0 Å². The minimum Gasteiger partial charge on any atom is -0.472 e. The number of ether oxygens (including phenoxy) is 3. The van der Waals surface area contributed by atoms with Crippen LogP contribution in [0.25, 0.3) is 0 Å². The fourth-order valence-corrected chi connectivity index (χ4v) is 4.24. The number of nitrogens with zero attached hydrogens (tertiary/aromatic N) is 1. The van der Waals surface area contributed by atoms with Crippen molar-refractivity contribution in [1.29, 1.82) is 0 Å². The first-order chi connectivity index (χ1) is 10.7. The maximum atomic E-state index is 10.9. The van der Waals surface area contributed by atoms with Gasteiger partial charge in [-0.25, -0.2) is 0 Å². The molecule has 3 aliphatic heterocycles. The highest BCUT2D eigenvalue weighted by atomic mass is 79.9. The average Bonchev–Trinajstić information content (AvgIpc) is 2.57. The molecule has 0 aromatic heterocycles. The fourth-order valence-electron chi connectivity index (χ4n) is 3.86. The van der Waals surface area contributed by atoms with Gasteiger partial charge in [-0.3, -0.25) is 4.90 Å². The van der Waals surface area contributed by atoms with E-state index in [0.29, 0.717) is 26.4 Å². The van der Waals surface area contributed by atoms with Crippen LogP contribution in [0.4, 0.5) is 0 Å². The Morgan fingerprint density at radius 3 is 2.82 bits per heavy atom. The maximum Gasteiger partial charge on any atom is 0.173 e. The van der Waals surface area contributed by atoms with Crippen LogP contribution >= 0.6 is 15.9 Å². The molecule has 0 bridgehead atoms. The van der Waals surface area contributed by atoms with Crippen molar-refractivity contribution in [2.24, 2.45) is 5.92 Å². The molecule has 3 unspecified atom stereocenters. The average molecular weight is 370 g/mol. The number of morpholine rings is 1. The maximum absolute atomic E-state index is 10.9. The number of hydrogen-bond acceptors (Lipinski definition) is 5. The van der Waals surface area contributed by atoms with E-state index in [2.05, 4.69) is 20.8 Å². The molecular formula is C16H20BrNO4. The zero-order chi connectivity index (χ0) is 15.2. The summed E-state index contributed by atoms with van der Waals surface area (Å²) >= 11 is 3.47. The summed E-state index contributed by atoms with van der Waals surface area (Å²) < 4.78 is 18.6. The molecule has 6 heteroatoms. The number of hydrogen-bond donors (Lipinski definition) is 1. The summed E-state index contributed by atoms with van der Waals surface area (Å²) in [7, 11) is 0. The van der Waals surface area contributed by atoms with Crippen LogP contribution in [0.15, 0.2) is 22.7 Å². The van der Waals surface area contributed by atoms with E-state index in [0.717, 1.165) is 35.3 Å². The van der Waals surface area contributed by atoms with Crippen LogP contribution in [0.1, 0.15) is 18.1 Å². The van der Waals surface area contributed by atoms with Gasteiger partial charge in [0.1, 0.15) is 5.75 Å². The second-order valence-electron chi connectivity index (χ2n) is 6.10. The van der Waals surface area contributed by atoms with Crippen molar-refractivity contribution in [1.82, 2.24) is 4.90 Å². The van der Waals surface area contributed by atoms with Gasteiger partial charge in [0.25, 0.3) is 0 Å². The molecule has 0 saturated carbocycles. The highest BCUT2D eigenvalue weighted by Crippen LogP contribution is 2.49. The van der Waals surface area contributed by atoms with Gasteiger partial charge in [-0.1, -0.05) is 15.9 Å². The SMILES string of the molecule is OC1c2cc(Br)ccc2OC2(N3CCOCC3)CCOCC12. The third kappa shape index (κ3) is 2.29. The summed E-state index contributed by atoms with van der Waals surface area (Å²) in [6.45, 7) is 4.25. The van der Waals surface area contributed by atoms with Gasteiger partial charge in [0, 0.05) is 29.5 Å². The molecule has 0 spiro atoms. The molecule has 2 fully saturated rings. The van der Waals surface area contributed by atoms with E-state index >= 15 is 0 Å². The topological polar surface area (TPSA) is 51.2 Å². The monoisotopic (exact) mass is 369 g/mol. The lowest BCUT2D eigenvalue weighted by Gasteiger charge is -2.55. The molecule has 2 saturated heterocycles. The molecule has 1 aromatic carbocycles. The van der Waals surface area contributed by atoms with Crippen molar-refractivity contribution >= 4 is 15.9 Å². The van der Waals surface area contributed by atoms with E-state index in [1.54, 1.807) is 0 Å². The van der Waals surface area contributed by atoms with Crippen LogP contribution in [0.5, 0.6) is 5.75 Å². The molecule has 120 valence electrons. The summed E-state index contributed by atoms with van der Waals surface area (Å²) in [5, 5.41) is 10.9. The Labute approximate surface area is 138 Å². The molecule has 0 amide bonds. The van der Waals surface area contributed by atoms with Crippen LogP contribution in [-0.4, -0.2) is 55.2 Å². The molecule has 3 aliphatic rings. The third-order valence-corrected chi connectivity index (χ3v) is 5.48. The van der Waals surface area contributed by atoms with E-state index in [-0.39, 0.29) is 5.92 Å². The summed E-state index contributed by atoms with van der Waals surface area (Å²) in [6.07, 6.45) is 0.189. The second-order valence-corrected chi connectivity index (χ2v) is 7.02. The Hall–Kier alpha value is -0.660. The van der Waals surface area contributed by atoms with Crippen LogP contribution in [0, 0.1) is 5.92 Å². The Morgan fingerprint density at radius 2 is 2.00 bits per heavy atom. The first-order valence-electron chi connectivity index (χ1n) is 7.78. The van der Waals surface area contributed by atoms with E-state index in [9.17, 15) is 5.11 Å². The molecule has 0 aliphatic carbocycles. The van der Waals surface area contributed by atoms with Gasteiger partial charge in [0.15, 0.2) is 5.72 Å². The number of aliphatic hydroxyl groups is 1. The highest BCUT2D eigenvalue weighted by molar-refractivity contribution is 9.10. The number of fused-ring (bicyclic) bond motifs is 2. The third-order valence-electron chi connectivity index (χ3n) is 4.99. The van der Waals surface area contributed by atoms with Gasteiger partial charge in [0.05, 0.1) is 38.4 Å². The lowest BCUT2D eigenvalue weighted by molar-refractivity contribution is -0.234. The smallest absolute Gasteiger partial charge is 0.173 e. The summed E-state index contributed by atoms with van der Waals surface area (Å²) in [5.41, 5.74) is 0.358. The van der Waals surface area contributed by atoms with Crippen molar-refractivity contribution in [2.75, 3.05) is 39.5 Å². The van der Waals surface area contributed by atoms with Crippen LogP contribution < -0.4 is 4.74 Å². The van der Waals surface area contributed by atoms with Gasteiger partial charge in [-0.15, -0.1) is 0 Å². The van der Waals surface area contributed by atoms with Gasteiger partial charge in [0.2, 0.25) is 0 Å². The van der Waals surface area contributed by atoms with Crippen molar-refractivity contribution in [3.8, 4) is 5.75 Å². The largest absolute Gasteiger partial charge is 0.472 e. The number of benzene rings is 1. The highest BCUT2D eigenvalue weighted by Gasteiger charge is 2.55. The van der Waals surface area contributed by atoms with E-state index in [1.165, 1.54) is 0 Å². The number of rotatable bonds is 1. The molecule has 0 radical (unpaired) electrons. The van der Waals surface area contributed by atoms with Gasteiger partial charge >= 0.3 is 0 Å². The van der Waals surface area contributed by atoms with E-state index in [1.807, 2.05) is 18.2 Å². The van der Waals surface area contributed by atoms with Crippen molar-refractivity contribution < 1.29 is 19.3 Å². The van der Waals surface area contributed by atoms with Crippen molar-refractivity contribution in [3.05, 3.63) is 28.2 Å². The molecule has 3 heterocycles. The molecular weight excluding hydrogens is 350 g/mol. The Bertz CT molecular complexity index is 563. The van der Waals surface area contributed by atoms with Crippen LogP contribution in [-0.2, 0) is 9.47 Å². The lowest BCUT2D eigenvalue weighted by atomic mass is 9.79. The zero-order valence-corrected chi connectivity index (χ0v) is 13.9. The molecule has 22 heavy (non-hydrogen) atoms. The number of halogens is 1. The van der Waals surface area contributed by atoms with Crippen LogP contribution in [0.2, 0.25) is 0 Å².